The van der Waals surface area contributed by atoms with Gasteiger partial charge in [0.05, 0.1) is 5.56 Å². The van der Waals surface area contributed by atoms with Gasteiger partial charge in [0.25, 0.3) is 5.91 Å². The number of amides is 1. The summed E-state index contributed by atoms with van der Waals surface area (Å²) in [6, 6.07) is 4.19. The molecule has 0 spiro atoms. The Morgan fingerprint density at radius 1 is 1.47 bits per heavy atom. The van der Waals surface area contributed by atoms with Gasteiger partial charge in [-0.25, -0.2) is 4.79 Å². The average molecular weight is 345 g/mol. The standard InChI is InChI=1S/C12H13BrN2O3S/c13-7-1-2-8(9(14)5-7)11(16)15-3-4-19-6-10(15)12(17)18/h1-2,5,10H,3-4,6,14H2,(H,17,18). The molecule has 5 nitrogen and oxygen atoms in total. The zero-order chi connectivity index (χ0) is 14.0. The summed E-state index contributed by atoms with van der Waals surface area (Å²) >= 11 is 4.82. The van der Waals surface area contributed by atoms with E-state index in [0.29, 0.717) is 23.5 Å². The first kappa shape index (κ1) is 14.2. The Bertz CT molecular complexity index is 524. The number of nitrogen functional groups attached to an aromatic ring is 1. The Labute approximate surface area is 123 Å². The van der Waals surface area contributed by atoms with Crippen molar-refractivity contribution in [1.29, 1.82) is 0 Å². The summed E-state index contributed by atoms with van der Waals surface area (Å²) in [5.74, 6) is -0.141. The normalized spacial score (nSPS) is 19.2. The largest absolute Gasteiger partial charge is 0.480 e. The van der Waals surface area contributed by atoms with Crippen LogP contribution in [0.15, 0.2) is 22.7 Å². The van der Waals surface area contributed by atoms with Crippen LogP contribution in [0.1, 0.15) is 10.4 Å². The van der Waals surface area contributed by atoms with Gasteiger partial charge in [0, 0.05) is 28.2 Å². The Morgan fingerprint density at radius 3 is 2.84 bits per heavy atom. The lowest BCUT2D eigenvalue weighted by Crippen LogP contribution is -2.50. The highest BCUT2D eigenvalue weighted by atomic mass is 79.9. The molecule has 1 fully saturated rings. The smallest absolute Gasteiger partial charge is 0.327 e. The van der Waals surface area contributed by atoms with Crippen molar-refractivity contribution < 1.29 is 14.7 Å². The Morgan fingerprint density at radius 2 is 2.21 bits per heavy atom. The molecule has 102 valence electrons. The van der Waals surface area contributed by atoms with E-state index >= 15 is 0 Å². The minimum Gasteiger partial charge on any atom is -0.480 e. The molecule has 1 unspecified atom stereocenters. The number of thioether (sulfide) groups is 1. The Hall–Kier alpha value is -1.21. The van der Waals surface area contributed by atoms with E-state index in [1.807, 2.05) is 0 Å². The molecule has 1 atom stereocenters. The molecular weight excluding hydrogens is 332 g/mol. The summed E-state index contributed by atoms with van der Waals surface area (Å²) in [5.41, 5.74) is 6.52. The fraction of sp³-hybridized carbons (Fsp3) is 0.333. The number of nitrogens with zero attached hydrogens (tertiary/aromatic N) is 1. The third-order valence-electron chi connectivity index (χ3n) is 2.92. The molecule has 1 saturated heterocycles. The zero-order valence-corrected chi connectivity index (χ0v) is 12.4. The van der Waals surface area contributed by atoms with Crippen LogP contribution < -0.4 is 5.73 Å². The molecule has 1 heterocycles. The van der Waals surface area contributed by atoms with Crippen LogP contribution in [0.25, 0.3) is 0 Å². The van der Waals surface area contributed by atoms with E-state index in [9.17, 15) is 14.7 Å². The molecule has 0 aromatic heterocycles. The molecule has 0 saturated carbocycles. The third-order valence-corrected chi connectivity index (χ3v) is 4.43. The molecule has 1 aliphatic heterocycles. The van der Waals surface area contributed by atoms with Gasteiger partial charge in [-0.05, 0) is 18.2 Å². The predicted molar refractivity (Wildman–Crippen MR) is 78.3 cm³/mol. The van der Waals surface area contributed by atoms with Gasteiger partial charge in [0.2, 0.25) is 0 Å². The summed E-state index contributed by atoms with van der Waals surface area (Å²) < 4.78 is 0.783. The fourth-order valence-corrected chi connectivity index (χ4v) is 3.35. The van der Waals surface area contributed by atoms with Crippen molar-refractivity contribution in [3.63, 3.8) is 0 Å². The molecule has 3 N–H and O–H groups in total. The SMILES string of the molecule is Nc1cc(Br)ccc1C(=O)N1CCSCC1C(=O)O. The second-order valence-electron chi connectivity index (χ2n) is 4.16. The summed E-state index contributed by atoms with van der Waals surface area (Å²) in [6.45, 7) is 0.427. The Kier molecular flexibility index (Phi) is 4.36. The molecule has 1 aliphatic rings. The van der Waals surface area contributed by atoms with Crippen LogP contribution in [-0.4, -0.2) is 46.0 Å². The Balaban J connectivity index is 2.28. The lowest BCUT2D eigenvalue weighted by Gasteiger charge is -2.32. The van der Waals surface area contributed by atoms with Crippen molar-refractivity contribution in [3.05, 3.63) is 28.2 Å². The highest BCUT2D eigenvalue weighted by Gasteiger charge is 2.33. The van der Waals surface area contributed by atoms with E-state index in [1.54, 1.807) is 30.0 Å². The van der Waals surface area contributed by atoms with E-state index in [2.05, 4.69) is 15.9 Å². The van der Waals surface area contributed by atoms with Crippen LogP contribution in [0.4, 0.5) is 5.69 Å². The van der Waals surface area contributed by atoms with E-state index in [0.717, 1.165) is 10.2 Å². The average Bonchev–Trinajstić information content (AvgIpc) is 2.38. The minimum absolute atomic E-state index is 0.322. The van der Waals surface area contributed by atoms with Gasteiger partial charge in [0.15, 0.2) is 0 Å². The molecule has 2 rings (SSSR count). The summed E-state index contributed by atoms with van der Waals surface area (Å²) in [5, 5.41) is 9.17. The van der Waals surface area contributed by atoms with Crippen molar-refractivity contribution in [1.82, 2.24) is 4.90 Å². The summed E-state index contributed by atoms with van der Waals surface area (Å²) in [6.07, 6.45) is 0. The highest BCUT2D eigenvalue weighted by Crippen LogP contribution is 2.24. The topological polar surface area (TPSA) is 83.6 Å². The van der Waals surface area contributed by atoms with Crippen molar-refractivity contribution in [2.45, 2.75) is 6.04 Å². The van der Waals surface area contributed by atoms with Crippen LogP contribution >= 0.6 is 27.7 Å². The lowest BCUT2D eigenvalue weighted by molar-refractivity contribution is -0.141. The van der Waals surface area contributed by atoms with Crippen LogP contribution in [0.3, 0.4) is 0 Å². The number of halogens is 1. The summed E-state index contributed by atoms with van der Waals surface area (Å²) in [4.78, 5) is 25.0. The van der Waals surface area contributed by atoms with Crippen LogP contribution in [-0.2, 0) is 4.79 Å². The molecule has 0 radical (unpaired) electrons. The maximum Gasteiger partial charge on any atom is 0.327 e. The molecule has 1 amide bonds. The monoisotopic (exact) mass is 344 g/mol. The van der Waals surface area contributed by atoms with Gasteiger partial charge in [-0.2, -0.15) is 11.8 Å². The van der Waals surface area contributed by atoms with Gasteiger partial charge in [-0.1, -0.05) is 15.9 Å². The van der Waals surface area contributed by atoms with Crippen molar-refractivity contribution in [2.75, 3.05) is 23.8 Å². The first-order chi connectivity index (χ1) is 9.00. The van der Waals surface area contributed by atoms with Gasteiger partial charge >= 0.3 is 5.97 Å². The van der Waals surface area contributed by atoms with Crippen LogP contribution in [0, 0.1) is 0 Å². The summed E-state index contributed by atoms with van der Waals surface area (Å²) in [7, 11) is 0. The van der Waals surface area contributed by atoms with Gasteiger partial charge in [-0.3, -0.25) is 4.79 Å². The fourth-order valence-electron chi connectivity index (χ4n) is 1.93. The quantitative estimate of drug-likeness (QED) is 0.797. The van der Waals surface area contributed by atoms with Gasteiger partial charge < -0.3 is 15.7 Å². The highest BCUT2D eigenvalue weighted by molar-refractivity contribution is 9.10. The molecule has 1 aromatic carbocycles. The second kappa shape index (κ2) is 5.83. The number of carbonyl (C=O) groups is 2. The van der Waals surface area contributed by atoms with Crippen molar-refractivity contribution in [3.8, 4) is 0 Å². The molecule has 0 aliphatic carbocycles. The number of carboxylic acid groups (broad SMARTS) is 1. The maximum absolute atomic E-state index is 12.4. The first-order valence-corrected chi connectivity index (χ1v) is 7.62. The number of anilines is 1. The maximum atomic E-state index is 12.4. The van der Waals surface area contributed by atoms with Gasteiger partial charge in [0.1, 0.15) is 6.04 Å². The molecule has 1 aromatic rings. The number of benzene rings is 1. The van der Waals surface area contributed by atoms with E-state index in [-0.39, 0.29) is 5.91 Å². The minimum atomic E-state index is -0.976. The predicted octanol–water partition coefficient (Wildman–Crippen LogP) is 1.67. The number of nitrogens with two attached hydrogens (primary N) is 1. The lowest BCUT2D eigenvalue weighted by atomic mass is 10.1. The van der Waals surface area contributed by atoms with Crippen LogP contribution in [0.2, 0.25) is 0 Å². The molecule has 0 bridgehead atoms. The van der Waals surface area contributed by atoms with Crippen molar-refractivity contribution in [2.24, 2.45) is 0 Å². The molecule has 19 heavy (non-hydrogen) atoms. The number of carbonyl (C=O) groups excluding carboxylic acids is 1. The van der Waals surface area contributed by atoms with E-state index < -0.39 is 12.0 Å². The second-order valence-corrected chi connectivity index (χ2v) is 6.22. The third kappa shape index (κ3) is 3.03. The number of rotatable bonds is 2. The van der Waals surface area contributed by atoms with Gasteiger partial charge in [-0.15, -0.1) is 0 Å². The zero-order valence-electron chi connectivity index (χ0n) is 10.0. The van der Waals surface area contributed by atoms with Crippen molar-refractivity contribution >= 4 is 45.3 Å². The first-order valence-electron chi connectivity index (χ1n) is 5.67. The van der Waals surface area contributed by atoms with E-state index in [1.165, 1.54) is 4.90 Å². The number of carboxylic acids is 1. The van der Waals surface area contributed by atoms with E-state index in [4.69, 9.17) is 5.73 Å². The molecular formula is C12H13BrN2O3S. The number of hydrogen-bond acceptors (Lipinski definition) is 4. The number of hydrogen-bond donors (Lipinski definition) is 2. The van der Waals surface area contributed by atoms with Crippen LogP contribution in [0.5, 0.6) is 0 Å². The number of aliphatic carboxylic acids is 1. The molecule has 7 heteroatoms.